The van der Waals surface area contributed by atoms with Crippen LogP contribution in [0.25, 0.3) is 0 Å². The zero-order chi connectivity index (χ0) is 19.0. The average Bonchev–Trinajstić information content (AvgIpc) is 2.84. The number of carboxylic acids is 1. The molecule has 140 valence electrons. The standard InChI is InChI=1S/C15H20ClNO6S2/c1-10(2)8-17(12-5-6-24(20,21)9-12)25(22,23)14-7-11(15(18)19)3-4-13(14)16/h3-4,7,10,12H,5-6,8-9H2,1-2H3,(H,18,19)/t12-/m1/s1. The van der Waals surface area contributed by atoms with Crippen molar-refractivity contribution in [1.82, 2.24) is 4.31 Å². The number of carbonyl (C=O) groups is 1. The van der Waals surface area contributed by atoms with Crippen LogP contribution >= 0.6 is 11.6 Å². The van der Waals surface area contributed by atoms with E-state index in [1.54, 1.807) is 0 Å². The molecule has 1 N–H and O–H groups in total. The SMILES string of the molecule is CC(C)CN([C@@H]1CCS(=O)(=O)C1)S(=O)(=O)c1cc(C(=O)O)ccc1Cl. The van der Waals surface area contributed by atoms with Gasteiger partial charge in [0.25, 0.3) is 0 Å². The maximum Gasteiger partial charge on any atom is 0.335 e. The first-order chi connectivity index (χ1) is 11.4. The molecule has 1 saturated heterocycles. The lowest BCUT2D eigenvalue weighted by atomic mass is 10.2. The lowest BCUT2D eigenvalue weighted by molar-refractivity contribution is 0.0696. The van der Waals surface area contributed by atoms with Crippen molar-refractivity contribution in [2.24, 2.45) is 5.92 Å². The Morgan fingerprint density at radius 2 is 2.04 bits per heavy atom. The smallest absolute Gasteiger partial charge is 0.335 e. The van der Waals surface area contributed by atoms with Crippen molar-refractivity contribution in [1.29, 1.82) is 0 Å². The summed E-state index contributed by atoms with van der Waals surface area (Å²) in [6.07, 6.45) is 0.213. The summed E-state index contributed by atoms with van der Waals surface area (Å²) in [7, 11) is -7.43. The quantitative estimate of drug-likeness (QED) is 0.768. The van der Waals surface area contributed by atoms with E-state index >= 15 is 0 Å². The Kier molecular flexibility index (Phi) is 5.82. The maximum absolute atomic E-state index is 13.1. The molecule has 0 bridgehead atoms. The number of aromatic carboxylic acids is 1. The molecule has 7 nitrogen and oxygen atoms in total. The van der Waals surface area contributed by atoms with Gasteiger partial charge in [0.1, 0.15) is 4.90 Å². The average molecular weight is 410 g/mol. The molecular weight excluding hydrogens is 390 g/mol. The number of hydrogen-bond acceptors (Lipinski definition) is 5. The summed E-state index contributed by atoms with van der Waals surface area (Å²) in [4.78, 5) is 10.8. The summed E-state index contributed by atoms with van der Waals surface area (Å²) in [5.74, 6) is -1.62. The molecule has 0 saturated carbocycles. The van der Waals surface area contributed by atoms with Gasteiger partial charge in [0.15, 0.2) is 9.84 Å². The molecule has 2 rings (SSSR count). The number of sulfone groups is 1. The fraction of sp³-hybridized carbons (Fsp3) is 0.533. The van der Waals surface area contributed by atoms with Crippen molar-refractivity contribution in [2.45, 2.75) is 31.2 Å². The lowest BCUT2D eigenvalue weighted by Crippen LogP contribution is -2.43. The second-order valence-corrected chi connectivity index (χ2v) is 11.0. The van der Waals surface area contributed by atoms with Crippen LogP contribution in [0.4, 0.5) is 0 Å². The third kappa shape index (κ3) is 4.52. The van der Waals surface area contributed by atoms with Gasteiger partial charge < -0.3 is 5.11 Å². The van der Waals surface area contributed by atoms with Crippen LogP contribution in [0, 0.1) is 5.92 Å². The fourth-order valence-corrected chi connectivity index (χ4v) is 6.91. The predicted molar refractivity (Wildman–Crippen MR) is 94.2 cm³/mol. The Morgan fingerprint density at radius 3 is 2.52 bits per heavy atom. The first-order valence-corrected chi connectivity index (χ1v) is 11.3. The van der Waals surface area contributed by atoms with Crippen molar-refractivity contribution in [3.63, 3.8) is 0 Å². The largest absolute Gasteiger partial charge is 0.478 e. The topological polar surface area (TPSA) is 109 Å². The molecule has 0 spiro atoms. The van der Waals surface area contributed by atoms with Crippen molar-refractivity contribution in [3.05, 3.63) is 28.8 Å². The molecule has 1 aliphatic rings. The molecule has 1 aliphatic heterocycles. The van der Waals surface area contributed by atoms with Crippen molar-refractivity contribution < 1.29 is 26.7 Å². The Hall–Kier alpha value is -1.16. The molecule has 1 fully saturated rings. The Labute approximate surface area is 152 Å². The molecule has 1 heterocycles. The monoisotopic (exact) mass is 409 g/mol. The van der Waals surface area contributed by atoms with Gasteiger partial charge in [0.05, 0.1) is 22.1 Å². The van der Waals surface area contributed by atoms with Crippen molar-refractivity contribution in [2.75, 3.05) is 18.1 Å². The summed E-state index contributed by atoms with van der Waals surface area (Å²) >= 11 is 6.01. The van der Waals surface area contributed by atoms with E-state index in [0.29, 0.717) is 0 Å². The van der Waals surface area contributed by atoms with Crippen molar-refractivity contribution in [3.8, 4) is 0 Å². The Balaban J connectivity index is 2.52. The maximum atomic E-state index is 13.1. The second-order valence-electron chi connectivity index (χ2n) is 6.48. The molecule has 1 atom stereocenters. The molecule has 0 unspecified atom stereocenters. The third-order valence-electron chi connectivity index (χ3n) is 3.93. The highest BCUT2D eigenvalue weighted by molar-refractivity contribution is 7.92. The van der Waals surface area contributed by atoms with E-state index in [1.165, 1.54) is 12.1 Å². The summed E-state index contributed by atoms with van der Waals surface area (Å²) in [5.41, 5.74) is -0.202. The number of hydrogen-bond donors (Lipinski definition) is 1. The zero-order valence-electron chi connectivity index (χ0n) is 13.8. The van der Waals surface area contributed by atoms with Gasteiger partial charge in [-0.1, -0.05) is 25.4 Å². The predicted octanol–water partition coefficient (Wildman–Crippen LogP) is 1.87. The fourth-order valence-electron chi connectivity index (χ4n) is 2.77. The summed E-state index contributed by atoms with van der Waals surface area (Å²) in [5, 5.41) is 9.00. The molecule has 10 heteroatoms. The number of carboxylic acid groups (broad SMARTS) is 1. The van der Waals surface area contributed by atoms with E-state index in [2.05, 4.69) is 0 Å². The van der Waals surface area contributed by atoms with Gasteiger partial charge >= 0.3 is 5.97 Å². The van der Waals surface area contributed by atoms with Crippen LogP contribution in [0.3, 0.4) is 0 Å². The molecular formula is C15H20ClNO6S2. The Morgan fingerprint density at radius 1 is 1.40 bits per heavy atom. The molecule has 1 aromatic rings. The van der Waals surface area contributed by atoms with Crippen LogP contribution in [0.1, 0.15) is 30.6 Å². The minimum atomic E-state index is -4.14. The number of sulfonamides is 1. The summed E-state index contributed by atoms with van der Waals surface area (Å²) in [6.45, 7) is 3.76. The molecule has 0 aromatic heterocycles. The Bertz CT molecular complexity index is 879. The molecule has 0 aliphatic carbocycles. The van der Waals surface area contributed by atoms with Crippen LogP contribution in [0.2, 0.25) is 5.02 Å². The van der Waals surface area contributed by atoms with E-state index in [9.17, 15) is 21.6 Å². The zero-order valence-corrected chi connectivity index (χ0v) is 16.2. The van der Waals surface area contributed by atoms with Gasteiger partial charge in [0.2, 0.25) is 10.0 Å². The van der Waals surface area contributed by atoms with Crippen LogP contribution in [0.15, 0.2) is 23.1 Å². The number of rotatable bonds is 6. The first kappa shape index (κ1) is 20.2. The van der Waals surface area contributed by atoms with Crippen LogP contribution in [-0.2, 0) is 19.9 Å². The van der Waals surface area contributed by atoms with Gasteiger partial charge in [-0.3, -0.25) is 0 Å². The molecule has 0 amide bonds. The van der Waals surface area contributed by atoms with E-state index in [1.807, 2.05) is 13.8 Å². The van der Waals surface area contributed by atoms with Crippen LogP contribution in [0.5, 0.6) is 0 Å². The van der Waals surface area contributed by atoms with Gasteiger partial charge in [-0.05, 0) is 30.5 Å². The highest BCUT2D eigenvalue weighted by atomic mass is 35.5. The summed E-state index contributed by atoms with van der Waals surface area (Å²) in [6, 6.07) is 2.77. The van der Waals surface area contributed by atoms with E-state index < -0.39 is 31.9 Å². The third-order valence-corrected chi connectivity index (χ3v) is 8.08. The van der Waals surface area contributed by atoms with Gasteiger partial charge in [-0.25, -0.2) is 21.6 Å². The minimum Gasteiger partial charge on any atom is -0.478 e. The first-order valence-electron chi connectivity index (χ1n) is 7.69. The highest BCUT2D eigenvalue weighted by Crippen LogP contribution is 2.30. The normalized spacial score (nSPS) is 20.3. The summed E-state index contributed by atoms with van der Waals surface area (Å²) < 4.78 is 50.9. The van der Waals surface area contributed by atoms with E-state index in [0.717, 1.165) is 10.4 Å². The van der Waals surface area contributed by atoms with Crippen molar-refractivity contribution >= 4 is 37.4 Å². The van der Waals surface area contributed by atoms with Crippen LogP contribution in [-0.4, -0.2) is 56.3 Å². The number of benzene rings is 1. The number of nitrogens with zero attached hydrogens (tertiary/aromatic N) is 1. The molecule has 25 heavy (non-hydrogen) atoms. The van der Waals surface area contributed by atoms with Gasteiger partial charge in [-0.15, -0.1) is 0 Å². The molecule has 0 radical (unpaired) electrons. The highest BCUT2D eigenvalue weighted by Gasteiger charge is 2.39. The second kappa shape index (κ2) is 7.22. The van der Waals surface area contributed by atoms with E-state index in [4.69, 9.17) is 16.7 Å². The van der Waals surface area contributed by atoms with Crippen LogP contribution < -0.4 is 0 Å². The van der Waals surface area contributed by atoms with E-state index in [-0.39, 0.29) is 45.9 Å². The minimum absolute atomic E-state index is 0.0421. The molecule has 1 aromatic carbocycles. The number of halogens is 1. The lowest BCUT2D eigenvalue weighted by Gasteiger charge is -2.29. The van der Waals surface area contributed by atoms with Gasteiger partial charge in [0, 0.05) is 12.6 Å². The van der Waals surface area contributed by atoms with Gasteiger partial charge in [-0.2, -0.15) is 4.31 Å².